The molecule has 64 heavy (non-hydrogen) atoms. The summed E-state index contributed by atoms with van der Waals surface area (Å²) in [4.78, 5) is 15.4. The Balaban J connectivity index is 0.948. The van der Waals surface area contributed by atoms with E-state index in [-0.39, 0.29) is 0 Å². The molecule has 0 saturated carbocycles. The number of aromatic nitrogens is 3. The maximum atomic E-state index is 5.21. The van der Waals surface area contributed by atoms with Gasteiger partial charge in [-0.3, -0.25) is 0 Å². The van der Waals surface area contributed by atoms with Crippen molar-refractivity contribution < 1.29 is 0 Å². The minimum Gasteiger partial charge on any atom is -0.208 e. The molecule has 11 aromatic rings. The summed E-state index contributed by atoms with van der Waals surface area (Å²) in [6.45, 7) is 7.18. The molecule has 10 aromatic carbocycles. The fourth-order valence-electron chi connectivity index (χ4n) is 9.03. The molecule has 11 rings (SSSR count). The molecular formula is C60H45N3Si. The summed E-state index contributed by atoms with van der Waals surface area (Å²) < 4.78 is 0. The molecule has 304 valence electrons. The number of benzene rings is 10. The van der Waals surface area contributed by atoms with Crippen molar-refractivity contribution in [1.82, 2.24) is 15.0 Å². The maximum Gasteiger partial charge on any atom is 0.164 e. The molecule has 0 unspecified atom stereocenters. The SMILES string of the molecule is C[Si](C)(C)c1ccc(-c2cccc(-c3cccc(-c4cccc(-c5cccc(-c6nc(-c7ccccc7)nc(-c7ccc8c9ccccc9c9ccccc9c8c7)n6)c5)c4)c3)c2)cc1. The normalized spacial score (nSPS) is 11.7. The first-order valence-corrected chi connectivity index (χ1v) is 25.5. The minimum absolute atomic E-state index is 0.632. The van der Waals surface area contributed by atoms with Crippen molar-refractivity contribution in [3.05, 3.63) is 218 Å². The summed E-state index contributed by atoms with van der Waals surface area (Å²) in [7, 11) is -1.36. The molecule has 4 heteroatoms. The van der Waals surface area contributed by atoms with Gasteiger partial charge in [0.05, 0.1) is 8.07 Å². The first-order chi connectivity index (χ1) is 31.3. The molecule has 0 N–H and O–H groups in total. The number of fused-ring (bicyclic) bond motifs is 6. The number of hydrogen-bond donors (Lipinski definition) is 0. The predicted octanol–water partition coefficient (Wildman–Crippen LogP) is 15.5. The van der Waals surface area contributed by atoms with Gasteiger partial charge in [-0.2, -0.15) is 0 Å². The Morgan fingerprint density at radius 1 is 0.234 bits per heavy atom. The van der Waals surface area contributed by atoms with Crippen LogP contribution in [0.2, 0.25) is 19.6 Å². The second-order valence-electron chi connectivity index (χ2n) is 17.7. The van der Waals surface area contributed by atoms with Gasteiger partial charge in [-0.25, -0.2) is 15.0 Å². The zero-order valence-corrected chi connectivity index (χ0v) is 37.1. The van der Waals surface area contributed by atoms with E-state index in [0.29, 0.717) is 17.5 Å². The third-order valence-corrected chi connectivity index (χ3v) is 14.5. The second-order valence-corrected chi connectivity index (χ2v) is 22.8. The van der Waals surface area contributed by atoms with Crippen LogP contribution >= 0.6 is 0 Å². The molecule has 3 nitrogen and oxygen atoms in total. The molecule has 0 aliphatic heterocycles. The Hall–Kier alpha value is -7.79. The third kappa shape index (κ3) is 7.48. The Bertz CT molecular complexity index is 3500. The molecule has 0 spiro atoms. The van der Waals surface area contributed by atoms with Crippen LogP contribution in [0.3, 0.4) is 0 Å². The Kier molecular flexibility index (Phi) is 9.86. The topological polar surface area (TPSA) is 38.7 Å². The summed E-state index contributed by atoms with van der Waals surface area (Å²) in [5.74, 6) is 1.91. The quantitative estimate of drug-likeness (QED) is 0.113. The molecule has 0 fully saturated rings. The van der Waals surface area contributed by atoms with Gasteiger partial charge in [-0.15, -0.1) is 0 Å². The molecule has 0 aliphatic carbocycles. The second kappa shape index (κ2) is 16.2. The standard InChI is InChI=1S/C60H45N3Si/c1-64(2,3)51-32-29-40(30-33-51)42-17-11-18-43(35-42)44-19-12-20-45(36-44)46-21-13-22-47(37-46)48-23-14-24-49(38-48)59-61-58(41-15-5-4-6-16-41)62-60(63-59)50-31-34-56-54-27-8-7-25-52(54)53-26-9-10-28-55(53)57(56)39-50/h4-39H,1-3H3. The monoisotopic (exact) mass is 835 g/mol. The van der Waals surface area contributed by atoms with Gasteiger partial charge < -0.3 is 0 Å². The molecule has 0 aliphatic rings. The summed E-state index contributed by atoms with van der Waals surface area (Å²) in [6, 6.07) is 78.5. The van der Waals surface area contributed by atoms with E-state index in [1.54, 1.807) is 0 Å². The molecule has 0 atom stereocenters. The lowest BCUT2D eigenvalue weighted by Gasteiger charge is -2.17. The predicted molar refractivity (Wildman–Crippen MR) is 273 cm³/mol. The lowest BCUT2D eigenvalue weighted by atomic mass is 9.93. The Morgan fingerprint density at radius 3 is 1.00 bits per heavy atom. The van der Waals surface area contributed by atoms with E-state index >= 15 is 0 Å². The molecule has 0 radical (unpaired) electrons. The van der Waals surface area contributed by atoms with Crippen LogP contribution in [0.1, 0.15) is 0 Å². The molecule has 0 saturated heterocycles. The highest BCUT2D eigenvalue weighted by Gasteiger charge is 2.17. The summed E-state index contributed by atoms with van der Waals surface area (Å²) in [5.41, 5.74) is 12.2. The fraction of sp³-hybridized carbons (Fsp3) is 0.0500. The summed E-state index contributed by atoms with van der Waals surface area (Å²) in [5, 5.41) is 8.82. The van der Waals surface area contributed by atoms with E-state index < -0.39 is 8.07 Å². The van der Waals surface area contributed by atoms with Gasteiger partial charge in [0, 0.05) is 16.7 Å². The van der Waals surface area contributed by atoms with Crippen molar-refractivity contribution in [2.75, 3.05) is 0 Å². The first-order valence-electron chi connectivity index (χ1n) is 22.0. The van der Waals surface area contributed by atoms with Gasteiger partial charge in [0.1, 0.15) is 0 Å². The van der Waals surface area contributed by atoms with Crippen LogP contribution in [0.5, 0.6) is 0 Å². The zero-order chi connectivity index (χ0) is 43.2. The lowest BCUT2D eigenvalue weighted by Crippen LogP contribution is -2.37. The highest BCUT2D eigenvalue weighted by Crippen LogP contribution is 2.38. The summed E-state index contributed by atoms with van der Waals surface area (Å²) in [6.07, 6.45) is 0. The van der Waals surface area contributed by atoms with Crippen LogP contribution < -0.4 is 5.19 Å². The van der Waals surface area contributed by atoms with E-state index in [1.165, 1.54) is 65.3 Å². The highest BCUT2D eigenvalue weighted by atomic mass is 28.3. The van der Waals surface area contributed by atoms with Crippen LogP contribution in [-0.4, -0.2) is 23.0 Å². The lowest BCUT2D eigenvalue weighted by molar-refractivity contribution is 1.07. The van der Waals surface area contributed by atoms with Gasteiger partial charge in [0.2, 0.25) is 0 Å². The van der Waals surface area contributed by atoms with Crippen molar-refractivity contribution in [3.63, 3.8) is 0 Å². The van der Waals surface area contributed by atoms with Gasteiger partial charge in [-0.1, -0.05) is 213 Å². The van der Waals surface area contributed by atoms with Crippen LogP contribution in [0, 0.1) is 0 Å². The van der Waals surface area contributed by atoms with Gasteiger partial charge >= 0.3 is 0 Å². The molecule has 0 amide bonds. The van der Waals surface area contributed by atoms with E-state index in [1.807, 2.05) is 18.2 Å². The summed E-state index contributed by atoms with van der Waals surface area (Å²) >= 11 is 0. The smallest absolute Gasteiger partial charge is 0.164 e. The van der Waals surface area contributed by atoms with Crippen LogP contribution in [0.25, 0.3) is 111 Å². The average Bonchev–Trinajstić information content (AvgIpc) is 3.36. The van der Waals surface area contributed by atoms with Crippen molar-refractivity contribution in [2.45, 2.75) is 19.6 Å². The van der Waals surface area contributed by atoms with Gasteiger partial charge in [0.15, 0.2) is 17.5 Å². The molecule has 0 bridgehead atoms. The number of nitrogens with zero attached hydrogens (tertiary/aromatic N) is 3. The average molecular weight is 836 g/mol. The Labute approximate surface area is 375 Å². The van der Waals surface area contributed by atoms with Crippen LogP contribution in [0.4, 0.5) is 0 Å². The zero-order valence-electron chi connectivity index (χ0n) is 36.1. The van der Waals surface area contributed by atoms with E-state index in [4.69, 9.17) is 15.0 Å². The fourth-order valence-corrected chi connectivity index (χ4v) is 10.2. The largest absolute Gasteiger partial charge is 0.208 e. The molecular weight excluding hydrogens is 791 g/mol. The minimum atomic E-state index is -1.36. The van der Waals surface area contributed by atoms with Crippen molar-refractivity contribution >= 4 is 45.6 Å². The third-order valence-electron chi connectivity index (χ3n) is 12.5. The van der Waals surface area contributed by atoms with E-state index in [9.17, 15) is 0 Å². The molecule has 1 heterocycles. The highest BCUT2D eigenvalue weighted by molar-refractivity contribution is 6.88. The van der Waals surface area contributed by atoms with E-state index in [2.05, 4.69) is 220 Å². The molecule has 1 aromatic heterocycles. The van der Waals surface area contributed by atoms with Gasteiger partial charge in [0.25, 0.3) is 0 Å². The maximum absolute atomic E-state index is 5.21. The van der Waals surface area contributed by atoms with E-state index in [0.717, 1.165) is 33.4 Å². The van der Waals surface area contributed by atoms with Crippen molar-refractivity contribution in [2.24, 2.45) is 0 Å². The number of hydrogen-bond acceptors (Lipinski definition) is 3. The first kappa shape index (κ1) is 39.1. The van der Waals surface area contributed by atoms with Crippen LogP contribution in [-0.2, 0) is 0 Å². The van der Waals surface area contributed by atoms with Crippen molar-refractivity contribution in [1.29, 1.82) is 0 Å². The van der Waals surface area contributed by atoms with Crippen LogP contribution in [0.15, 0.2) is 218 Å². The number of rotatable bonds is 8. The van der Waals surface area contributed by atoms with Gasteiger partial charge in [-0.05, 0) is 107 Å². The van der Waals surface area contributed by atoms with Crippen molar-refractivity contribution in [3.8, 4) is 78.7 Å². The Morgan fingerprint density at radius 2 is 0.547 bits per heavy atom.